The molecule has 1 aliphatic heterocycles. The Morgan fingerprint density at radius 1 is 1.06 bits per heavy atom. The minimum atomic E-state index is -4.55. The Morgan fingerprint density at radius 3 is 2.26 bits per heavy atom. The highest BCUT2D eigenvalue weighted by Crippen LogP contribution is 2.30. The van der Waals surface area contributed by atoms with Crippen LogP contribution in [0.15, 0.2) is 29.2 Å². The maximum atomic E-state index is 12.9. The van der Waals surface area contributed by atoms with Crippen molar-refractivity contribution >= 4 is 27.7 Å². The summed E-state index contributed by atoms with van der Waals surface area (Å²) >= 11 is 0. The monoisotopic (exact) mass is 497 g/mol. The molecular weight excluding hydrogens is 475 g/mol. The number of fused-ring (bicyclic) bond motifs is 1. The van der Waals surface area contributed by atoms with Crippen molar-refractivity contribution in [2.75, 3.05) is 31.9 Å². The van der Waals surface area contributed by atoms with Crippen molar-refractivity contribution < 1.29 is 26.4 Å². The molecule has 1 aliphatic rings. The van der Waals surface area contributed by atoms with E-state index < -0.39 is 21.8 Å². The SMILES string of the molecule is Cc1nc2nc(N)nn2c(C)c1CC(=O)N1CCN(S(=O)(=O)c2ccc(C(F)(F)F)cc2)CC1. The fourth-order valence-corrected chi connectivity index (χ4v) is 5.31. The van der Waals surface area contributed by atoms with E-state index in [1.165, 1.54) is 8.82 Å². The van der Waals surface area contributed by atoms with Crippen LogP contribution in [0, 0.1) is 13.8 Å². The van der Waals surface area contributed by atoms with Crippen LogP contribution in [0.4, 0.5) is 19.1 Å². The number of sulfonamides is 1. The highest BCUT2D eigenvalue weighted by atomic mass is 32.2. The number of halogens is 3. The van der Waals surface area contributed by atoms with E-state index in [9.17, 15) is 26.4 Å². The Kier molecular flexibility index (Phi) is 5.97. The number of nitrogen functional groups attached to an aromatic ring is 1. The van der Waals surface area contributed by atoms with Crippen LogP contribution in [0.25, 0.3) is 5.78 Å². The summed E-state index contributed by atoms with van der Waals surface area (Å²) in [4.78, 5) is 22.6. The van der Waals surface area contributed by atoms with Gasteiger partial charge in [-0.3, -0.25) is 4.79 Å². The Morgan fingerprint density at radius 2 is 1.68 bits per heavy atom. The Hall–Kier alpha value is -3.26. The first-order valence-electron chi connectivity index (χ1n) is 10.3. The minimum Gasteiger partial charge on any atom is -0.366 e. The number of aryl methyl sites for hydroxylation is 2. The van der Waals surface area contributed by atoms with Gasteiger partial charge in [-0.25, -0.2) is 13.4 Å². The van der Waals surface area contributed by atoms with Crippen LogP contribution in [0.5, 0.6) is 0 Å². The predicted molar refractivity (Wildman–Crippen MR) is 115 cm³/mol. The number of carbonyl (C=O) groups excluding carboxylic acids is 1. The number of hydrogen-bond donors (Lipinski definition) is 1. The lowest BCUT2D eigenvalue weighted by molar-refractivity contribution is -0.137. The van der Waals surface area contributed by atoms with Crippen LogP contribution in [0.3, 0.4) is 0 Å². The van der Waals surface area contributed by atoms with Gasteiger partial charge in [0.25, 0.3) is 5.78 Å². The molecule has 0 bridgehead atoms. The van der Waals surface area contributed by atoms with Crippen LogP contribution in [-0.4, -0.2) is 69.3 Å². The van der Waals surface area contributed by atoms with Crippen LogP contribution >= 0.6 is 0 Å². The van der Waals surface area contributed by atoms with Crippen molar-refractivity contribution in [3.05, 3.63) is 46.8 Å². The second-order valence-corrected chi connectivity index (χ2v) is 9.86. The number of alkyl halides is 3. The third-order valence-electron chi connectivity index (χ3n) is 5.80. The lowest BCUT2D eigenvalue weighted by atomic mass is 10.1. The van der Waals surface area contributed by atoms with E-state index in [4.69, 9.17) is 5.73 Å². The lowest BCUT2D eigenvalue weighted by Gasteiger charge is -2.34. The molecule has 0 spiro atoms. The first-order valence-corrected chi connectivity index (χ1v) is 11.8. The van der Waals surface area contributed by atoms with Gasteiger partial charge in [-0.1, -0.05) is 0 Å². The average molecular weight is 498 g/mol. The van der Waals surface area contributed by atoms with Crippen molar-refractivity contribution in [3.8, 4) is 0 Å². The number of carbonyl (C=O) groups is 1. The highest BCUT2D eigenvalue weighted by Gasteiger charge is 2.33. The highest BCUT2D eigenvalue weighted by molar-refractivity contribution is 7.89. The van der Waals surface area contributed by atoms with Gasteiger partial charge in [-0.15, -0.1) is 5.10 Å². The fourth-order valence-electron chi connectivity index (χ4n) is 3.89. The van der Waals surface area contributed by atoms with E-state index >= 15 is 0 Å². The summed E-state index contributed by atoms with van der Waals surface area (Å²) in [6.45, 7) is 3.92. The van der Waals surface area contributed by atoms with Crippen molar-refractivity contribution in [1.29, 1.82) is 0 Å². The van der Waals surface area contributed by atoms with Gasteiger partial charge in [0.1, 0.15) is 0 Å². The molecule has 1 saturated heterocycles. The first-order chi connectivity index (χ1) is 15.9. The van der Waals surface area contributed by atoms with E-state index in [1.54, 1.807) is 18.7 Å². The number of aromatic nitrogens is 4. The van der Waals surface area contributed by atoms with Gasteiger partial charge in [0.15, 0.2) is 0 Å². The van der Waals surface area contributed by atoms with E-state index in [1.807, 2.05) is 0 Å². The number of anilines is 1. The zero-order valence-electron chi connectivity index (χ0n) is 18.4. The Bertz CT molecular complexity index is 1350. The number of benzene rings is 1. The quantitative estimate of drug-likeness (QED) is 0.578. The molecule has 2 aromatic heterocycles. The largest absolute Gasteiger partial charge is 0.416 e. The normalized spacial score (nSPS) is 15.7. The van der Waals surface area contributed by atoms with Gasteiger partial charge in [0.05, 0.1) is 16.9 Å². The molecule has 182 valence electrons. The molecule has 14 heteroatoms. The van der Waals surface area contributed by atoms with Crippen LogP contribution in [0.2, 0.25) is 0 Å². The summed E-state index contributed by atoms with van der Waals surface area (Å²) in [5.74, 6) is 0.210. The molecule has 0 unspecified atom stereocenters. The summed E-state index contributed by atoms with van der Waals surface area (Å²) in [5.41, 5.74) is 6.70. The molecule has 4 rings (SSSR count). The van der Waals surface area contributed by atoms with Gasteiger partial charge < -0.3 is 10.6 Å². The van der Waals surface area contributed by atoms with Gasteiger partial charge in [-0.2, -0.15) is 27.0 Å². The molecule has 1 fully saturated rings. The molecule has 2 N–H and O–H groups in total. The average Bonchev–Trinajstić information content (AvgIpc) is 3.16. The second-order valence-electron chi connectivity index (χ2n) is 7.93. The topological polar surface area (TPSA) is 127 Å². The van der Waals surface area contributed by atoms with Gasteiger partial charge in [0.2, 0.25) is 21.9 Å². The summed E-state index contributed by atoms with van der Waals surface area (Å²) in [5, 5.41) is 4.08. The summed E-state index contributed by atoms with van der Waals surface area (Å²) in [6.07, 6.45) is -4.50. The number of nitrogens with zero attached hydrogens (tertiary/aromatic N) is 6. The summed E-state index contributed by atoms with van der Waals surface area (Å²) in [7, 11) is -3.98. The van der Waals surface area contributed by atoms with Crippen LogP contribution in [0.1, 0.15) is 22.5 Å². The fraction of sp³-hybridized carbons (Fsp3) is 0.400. The van der Waals surface area contributed by atoms with E-state index in [0.29, 0.717) is 22.7 Å². The van der Waals surface area contributed by atoms with Crippen LogP contribution in [-0.2, 0) is 27.4 Å². The molecule has 1 amide bonds. The molecule has 3 heterocycles. The second kappa shape index (κ2) is 8.51. The lowest BCUT2D eigenvalue weighted by Crippen LogP contribution is -2.50. The molecule has 0 atom stereocenters. The van der Waals surface area contributed by atoms with Gasteiger partial charge in [-0.05, 0) is 38.1 Å². The number of nitrogens with two attached hydrogens (primary N) is 1. The van der Waals surface area contributed by atoms with Crippen molar-refractivity contribution in [2.24, 2.45) is 0 Å². The minimum absolute atomic E-state index is 0.0317. The van der Waals surface area contributed by atoms with E-state index in [0.717, 1.165) is 24.3 Å². The Labute approximate surface area is 193 Å². The molecule has 1 aromatic carbocycles. The summed E-state index contributed by atoms with van der Waals surface area (Å²) in [6, 6.07) is 3.37. The molecule has 34 heavy (non-hydrogen) atoms. The molecule has 0 aliphatic carbocycles. The standard InChI is InChI=1S/C20H22F3N7O3S/c1-12-16(13(2)30-19(25-12)26-18(24)27-30)11-17(31)28-7-9-29(10-8-28)34(32,33)15-5-3-14(4-6-15)20(21,22)23/h3-6H,7-11H2,1-2H3,(H2,24,27). The van der Waals surface area contributed by atoms with Gasteiger partial charge >= 0.3 is 6.18 Å². The van der Waals surface area contributed by atoms with E-state index in [2.05, 4.69) is 15.1 Å². The first kappa shape index (κ1) is 23.9. The maximum absolute atomic E-state index is 12.9. The maximum Gasteiger partial charge on any atom is 0.416 e. The molecule has 0 saturated carbocycles. The predicted octanol–water partition coefficient (Wildman–Crippen LogP) is 1.42. The van der Waals surface area contributed by atoms with E-state index in [-0.39, 0.29) is 49.4 Å². The van der Waals surface area contributed by atoms with Crippen molar-refractivity contribution in [1.82, 2.24) is 28.8 Å². The Balaban J connectivity index is 1.43. The third kappa shape index (κ3) is 4.42. The number of piperazine rings is 1. The molecular formula is C20H22F3N7O3S. The zero-order valence-corrected chi connectivity index (χ0v) is 19.2. The molecule has 10 nitrogen and oxygen atoms in total. The van der Waals surface area contributed by atoms with Crippen LogP contribution < -0.4 is 5.73 Å². The number of amides is 1. The third-order valence-corrected chi connectivity index (χ3v) is 7.72. The van der Waals surface area contributed by atoms with Gasteiger partial charge in [0, 0.05) is 43.1 Å². The summed E-state index contributed by atoms with van der Waals surface area (Å²) < 4.78 is 66.6. The zero-order chi connectivity index (χ0) is 24.8. The smallest absolute Gasteiger partial charge is 0.366 e. The number of hydrogen-bond acceptors (Lipinski definition) is 7. The molecule has 3 aromatic rings. The van der Waals surface area contributed by atoms with Crippen molar-refractivity contribution in [2.45, 2.75) is 31.3 Å². The molecule has 0 radical (unpaired) electrons. The number of rotatable bonds is 4. The van der Waals surface area contributed by atoms with Crippen molar-refractivity contribution in [3.63, 3.8) is 0 Å².